The van der Waals surface area contributed by atoms with Crippen LogP contribution in [0, 0.1) is 5.92 Å². The fraction of sp³-hybridized carbons (Fsp3) is 0.500. The summed E-state index contributed by atoms with van der Waals surface area (Å²) in [6.07, 6.45) is 1.75. The van der Waals surface area contributed by atoms with Crippen LogP contribution in [0.15, 0.2) is 18.3 Å². The van der Waals surface area contributed by atoms with Gasteiger partial charge in [0.2, 0.25) is 0 Å². The highest BCUT2D eigenvalue weighted by Crippen LogP contribution is 2.12. The molecule has 0 aliphatic heterocycles. The van der Waals surface area contributed by atoms with Crippen LogP contribution in [0.3, 0.4) is 0 Å². The highest BCUT2D eigenvalue weighted by atomic mass is 16.1. The highest BCUT2D eigenvalue weighted by Gasteiger charge is 2.05. The molecule has 0 aliphatic carbocycles. The van der Waals surface area contributed by atoms with Crippen LogP contribution < -0.4 is 4.90 Å². The van der Waals surface area contributed by atoms with E-state index in [0.717, 1.165) is 12.2 Å². The van der Waals surface area contributed by atoms with Crippen molar-refractivity contribution in [1.82, 2.24) is 4.98 Å². The van der Waals surface area contributed by atoms with Gasteiger partial charge in [-0.3, -0.25) is 9.78 Å². The van der Waals surface area contributed by atoms with E-state index in [0.29, 0.717) is 11.6 Å². The summed E-state index contributed by atoms with van der Waals surface area (Å²) in [4.78, 5) is 17.3. The van der Waals surface area contributed by atoms with Crippen LogP contribution in [0.4, 0.5) is 5.69 Å². The Balaban J connectivity index is 2.75. The lowest BCUT2D eigenvalue weighted by Gasteiger charge is -2.21. The van der Waals surface area contributed by atoms with Gasteiger partial charge in [0.1, 0.15) is 5.69 Å². The molecule has 15 heavy (non-hydrogen) atoms. The van der Waals surface area contributed by atoms with Crippen LogP contribution >= 0.6 is 0 Å². The SMILES string of the molecule is CC(=O)c1ccc(N(C)CC(C)C)cn1. The first kappa shape index (κ1) is 11.7. The second-order valence-corrected chi connectivity index (χ2v) is 4.23. The quantitative estimate of drug-likeness (QED) is 0.709. The van der Waals surface area contributed by atoms with Crippen molar-refractivity contribution in [3.05, 3.63) is 24.0 Å². The Morgan fingerprint density at radius 2 is 2.13 bits per heavy atom. The normalized spacial score (nSPS) is 10.5. The van der Waals surface area contributed by atoms with Gasteiger partial charge in [0.15, 0.2) is 5.78 Å². The summed E-state index contributed by atoms with van der Waals surface area (Å²) in [5, 5.41) is 0. The summed E-state index contributed by atoms with van der Waals surface area (Å²) in [5.41, 5.74) is 1.57. The molecule has 0 spiro atoms. The van der Waals surface area contributed by atoms with E-state index in [9.17, 15) is 4.79 Å². The van der Waals surface area contributed by atoms with Gasteiger partial charge in [0.25, 0.3) is 0 Å². The predicted octanol–water partition coefficient (Wildman–Crippen LogP) is 2.38. The minimum atomic E-state index is 0.00747. The number of rotatable bonds is 4. The molecule has 0 aromatic carbocycles. The Morgan fingerprint density at radius 3 is 2.53 bits per heavy atom. The molecule has 1 aromatic rings. The summed E-state index contributed by atoms with van der Waals surface area (Å²) in [6, 6.07) is 3.71. The van der Waals surface area contributed by atoms with Crippen molar-refractivity contribution in [3.8, 4) is 0 Å². The van der Waals surface area contributed by atoms with Gasteiger partial charge in [-0.25, -0.2) is 0 Å². The molecule has 0 radical (unpaired) electrons. The number of ketones is 1. The van der Waals surface area contributed by atoms with Gasteiger partial charge >= 0.3 is 0 Å². The molecule has 0 saturated carbocycles. The van der Waals surface area contributed by atoms with Crippen LogP contribution in [0.5, 0.6) is 0 Å². The van der Waals surface area contributed by atoms with Gasteiger partial charge in [0, 0.05) is 20.5 Å². The average Bonchev–Trinajstić information content (AvgIpc) is 2.17. The Hall–Kier alpha value is -1.38. The zero-order valence-corrected chi connectivity index (χ0v) is 9.82. The van der Waals surface area contributed by atoms with E-state index in [1.165, 1.54) is 6.92 Å². The summed E-state index contributed by atoms with van der Waals surface area (Å²) >= 11 is 0. The Kier molecular flexibility index (Phi) is 3.83. The number of hydrogen-bond donors (Lipinski definition) is 0. The van der Waals surface area contributed by atoms with Crippen LogP contribution in [0.1, 0.15) is 31.3 Å². The Morgan fingerprint density at radius 1 is 1.47 bits per heavy atom. The molecular weight excluding hydrogens is 188 g/mol. The van der Waals surface area contributed by atoms with Crippen molar-refractivity contribution >= 4 is 11.5 Å². The summed E-state index contributed by atoms with van der Waals surface area (Å²) in [7, 11) is 2.03. The second-order valence-electron chi connectivity index (χ2n) is 4.23. The second kappa shape index (κ2) is 4.91. The summed E-state index contributed by atoms with van der Waals surface area (Å²) in [6.45, 7) is 6.86. The fourth-order valence-corrected chi connectivity index (χ4v) is 1.47. The Bertz CT molecular complexity index is 330. The van der Waals surface area contributed by atoms with Gasteiger partial charge in [0.05, 0.1) is 11.9 Å². The van der Waals surface area contributed by atoms with Crippen LogP contribution in [-0.4, -0.2) is 24.4 Å². The van der Waals surface area contributed by atoms with Crippen molar-refractivity contribution in [3.63, 3.8) is 0 Å². The summed E-state index contributed by atoms with van der Waals surface area (Å²) < 4.78 is 0. The number of anilines is 1. The van der Waals surface area contributed by atoms with E-state index in [1.807, 2.05) is 13.1 Å². The molecule has 0 atom stereocenters. The predicted molar refractivity (Wildman–Crippen MR) is 62.3 cm³/mol. The van der Waals surface area contributed by atoms with E-state index in [2.05, 4.69) is 23.7 Å². The molecule has 0 bridgehead atoms. The van der Waals surface area contributed by atoms with E-state index in [4.69, 9.17) is 0 Å². The Labute approximate surface area is 91.1 Å². The third kappa shape index (κ3) is 3.35. The first-order valence-corrected chi connectivity index (χ1v) is 5.19. The molecule has 1 heterocycles. The molecule has 3 heteroatoms. The van der Waals surface area contributed by atoms with Gasteiger partial charge in [-0.15, -0.1) is 0 Å². The average molecular weight is 206 g/mol. The zero-order chi connectivity index (χ0) is 11.4. The van der Waals surface area contributed by atoms with E-state index in [1.54, 1.807) is 12.3 Å². The lowest BCUT2D eigenvalue weighted by Crippen LogP contribution is -2.22. The molecule has 0 amide bonds. The molecule has 1 aromatic heterocycles. The lowest BCUT2D eigenvalue weighted by atomic mass is 10.2. The maximum atomic E-state index is 11.0. The standard InChI is InChI=1S/C12H18N2O/c1-9(2)8-14(4)11-5-6-12(10(3)15)13-7-11/h5-7,9H,8H2,1-4H3. The number of carbonyl (C=O) groups is 1. The number of hydrogen-bond acceptors (Lipinski definition) is 3. The third-order valence-electron chi connectivity index (χ3n) is 2.19. The number of nitrogens with zero attached hydrogens (tertiary/aromatic N) is 2. The van der Waals surface area contributed by atoms with E-state index in [-0.39, 0.29) is 5.78 Å². The van der Waals surface area contributed by atoms with Crippen molar-refractivity contribution in [1.29, 1.82) is 0 Å². The number of Topliss-reactive ketones (excluding diaryl/α,β-unsaturated/α-hetero) is 1. The molecule has 0 saturated heterocycles. The zero-order valence-electron chi connectivity index (χ0n) is 9.82. The number of pyridine rings is 1. The first-order valence-electron chi connectivity index (χ1n) is 5.19. The molecule has 0 aliphatic rings. The maximum Gasteiger partial charge on any atom is 0.178 e. The smallest absolute Gasteiger partial charge is 0.178 e. The largest absolute Gasteiger partial charge is 0.373 e. The van der Waals surface area contributed by atoms with Crippen molar-refractivity contribution in [2.24, 2.45) is 5.92 Å². The fourth-order valence-electron chi connectivity index (χ4n) is 1.47. The topological polar surface area (TPSA) is 33.2 Å². The van der Waals surface area contributed by atoms with Gasteiger partial charge < -0.3 is 4.90 Å². The minimum Gasteiger partial charge on any atom is -0.373 e. The molecule has 0 fully saturated rings. The van der Waals surface area contributed by atoms with Gasteiger partial charge in [-0.2, -0.15) is 0 Å². The highest BCUT2D eigenvalue weighted by molar-refractivity contribution is 5.92. The maximum absolute atomic E-state index is 11.0. The first-order chi connectivity index (χ1) is 7.00. The van der Waals surface area contributed by atoms with Gasteiger partial charge in [-0.1, -0.05) is 13.8 Å². The lowest BCUT2D eigenvalue weighted by molar-refractivity contribution is 0.101. The molecule has 0 unspecified atom stereocenters. The molecule has 82 valence electrons. The van der Waals surface area contributed by atoms with E-state index >= 15 is 0 Å². The summed E-state index contributed by atoms with van der Waals surface area (Å²) in [5.74, 6) is 0.621. The van der Waals surface area contributed by atoms with E-state index < -0.39 is 0 Å². The van der Waals surface area contributed by atoms with Crippen LogP contribution in [0.2, 0.25) is 0 Å². The van der Waals surface area contributed by atoms with Crippen LogP contribution in [-0.2, 0) is 0 Å². The number of carbonyl (C=O) groups excluding carboxylic acids is 1. The molecule has 3 nitrogen and oxygen atoms in total. The monoisotopic (exact) mass is 206 g/mol. The van der Waals surface area contributed by atoms with Crippen molar-refractivity contribution in [2.45, 2.75) is 20.8 Å². The van der Waals surface area contributed by atoms with Crippen molar-refractivity contribution < 1.29 is 4.79 Å². The number of aromatic nitrogens is 1. The molecule has 1 rings (SSSR count). The molecule has 0 N–H and O–H groups in total. The minimum absolute atomic E-state index is 0.00747. The molecular formula is C12H18N2O. The third-order valence-corrected chi connectivity index (χ3v) is 2.19. The van der Waals surface area contributed by atoms with Crippen LogP contribution in [0.25, 0.3) is 0 Å². The van der Waals surface area contributed by atoms with Gasteiger partial charge in [-0.05, 0) is 18.1 Å². The van der Waals surface area contributed by atoms with Crippen molar-refractivity contribution in [2.75, 3.05) is 18.5 Å².